The van der Waals surface area contributed by atoms with Crippen LogP contribution in [0.4, 0.5) is 5.13 Å². The minimum atomic E-state index is -0.854. The van der Waals surface area contributed by atoms with Gasteiger partial charge in [-0.25, -0.2) is 4.98 Å². The Morgan fingerprint density at radius 3 is 2.74 bits per heavy atom. The van der Waals surface area contributed by atoms with Crippen LogP contribution < -0.4 is 4.90 Å². The van der Waals surface area contributed by atoms with E-state index < -0.39 is 5.97 Å². The van der Waals surface area contributed by atoms with Crippen molar-refractivity contribution in [3.8, 4) is 0 Å². The van der Waals surface area contributed by atoms with Gasteiger partial charge >= 0.3 is 5.97 Å². The van der Waals surface area contributed by atoms with Crippen molar-refractivity contribution in [2.45, 2.75) is 19.8 Å². The molecule has 1 N–H and O–H groups in total. The molecule has 0 unspecified atom stereocenters. The van der Waals surface area contributed by atoms with Crippen LogP contribution in [0.2, 0.25) is 0 Å². The number of nitrogens with zero attached hydrogens (tertiary/aromatic N) is 2. The number of amides is 1. The largest absolute Gasteiger partial charge is 0.481 e. The van der Waals surface area contributed by atoms with Gasteiger partial charge in [0.1, 0.15) is 0 Å². The normalized spacial score (nSPS) is 10.6. The molecule has 0 atom stereocenters. The lowest BCUT2D eigenvalue weighted by molar-refractivity contribution is -0.137. The maximum Gasteiger partial charge on any atom is 0.303 e. The number of carboxylic acids is 1. The van der Waals surface area contributed by atoms with Gasteiger partial charge in [0.2, 0.25) is 5.91 Å². The summed E-state index contributed by atoms with van der Waals surface area (Å²) in [5, 5.41) is 9.26. The van der Waals surface area contributed by atoms with Crippen LogP contribution >= 0.6 is 11.3 Å². The molecule has 2 rings (SSSR count). The van der Waals surface area contributed by atoms with Crippen molar-refractivity contribution in [1.29, 1.82) is 0 Å². The Morgan fingerprint density at radius 2 is 2.11 bits per heavy atom. The van der Waals surface area contributed by atoms with E-state index in [-0.39, 0.29) is 12.3 Å². The Bertz CT molecular complexity index is 576. The van der Waals surface area contributed by atoms with Crippen molar-refractivity contribution >= 4 is 38.6 Å². The third-order valence-corrected chi connectivity index (χ3v) is 3.73. The molecule has 5 nitrogen and oxygen atoms in total. The van der Waals surface area contributed by atoms with Gasteiger partial charge in [-0.15, -0.1) is 0 Å². The molecule has 100 valence electrons. The Labute approximate surface area is 114 Å². The molecule has 0 saturated carbocycles. The van der Waals surface area contributed by atoms with Crippen LogP contribution in [-0.4, -0.2) is 28.5 Å². The summed E-state index contributed by atoms with van der Waals surface area (Å²) in [6.07, 6.45) is 0.472. The molecule has 2 aromatic rings. The number of thiazole rings is 1. The van der Waals surface area contributed by atoms with Gasteiger partial charge in [0, 0.05) is 19.9 Å². The summed E-state index contributed by atoms with van der Waals surface area (Å²) in [6, 6.07) is 7.66. The second-order valence-electron chi connectivity index (χ2n) is 4.13. The number of aliphatic carboxylic acids is 1. The van der Waals surface area contributed by atoms with Crippen LogP contribution in [0.3, 0.4) is 0 Å². The molecule has 0 aliphatic carbocycles. The number of para-hydroxylation sites is 1. The van der Waals surface area contributed by atoms with E-state index in [2.05, 4.69) is 4.98 Å². The maximum absolute atomic E-state index is 11.6. The first-order chi connectivity index (χ1) is 9.08. The van der Waals surface area contributed by atoms with E-state index in [1.165, 1.54) is 23.2 Å². The van der Waals surface area contributed by atoms with Crippen LogP contribution in [0.5, 0.6) is 0 Å². The fraction of sp³-hybridized carbons (Fsp3) is 0.308. The van der Waals surface area contributed by atoms with Gasteiger partial charge in [0.15, 0.2) is 5.13 Å². The van der Waals surface area contributed by atoms with Crippen LogP contribution in [0.1, 0.15) is 19.8 Å². The summed E-state index contributed by atoms with van der Waals surface area (Å²) in [5.41, 5.74) is 0.854. The second-order valence-corrected chi connectivity index (χ2v) is 5.14. The second kappa shape index (κ2) is 5.79. The predicted octanol–water partition coefficient (Wildman–Crippen LogP) is 2.51. The van der Waals surface area contributed by atoms with E-state index in [4.69, 9.17) is 5.11 Å². The van der Waals surface area contributed by atoms with Gasteiger partial charge < -0.3 is 5.11 Å². The van der Waals surface area contributed by atoms with Crippen molar-refractivity contribution in [2.75, 3.05) is 11.4 Å². The zero-order chi connectivity index (χ0) is 13.8. The molecule has 1 amide bonds. The van der Waals surface area contributed by atoms with Crippen molar-refractivity contribution in [3.05, 3.63) is 24.3 Å². The molecule has 0 fully saturated rings. The van der Waals surface area contributed by atoms with Crippen LogP contribution in [0.15, 0.2) is 24.3 Å². The van der Waals surface area contributed by atoms with Gasteiger partial charge in [-0.05, 0) is 18.6 Å². The molecule has 0 radical (unpaired) electrons. The van der Waals surface area contributed by atoms with E-state index >= 15 is 0 Å². The van der Waals surface area contributed by atoms with E-state index in [1.54, 1.807) is 0 Å². The highest BCUT2D eigenvalue weighted by atomic mass is 32.1. The molecule has 1 heterocycles. The quantitative estimate of drug-likeness (QED) is 0.912. The monoisotopic (exact) mass is 278 g/mol. The fourth-order valence-corrected chi connectivity index (χ4v) is 2.79. The summed E-state index contributed by atoms with van der Waals surface area (Å²) in [7, 11) is 0. The van der Waals surface area contributed by atoms with Crippen molar-refractivity contribution < 1.29 is 14.7 Å². The number of benzene rings is 1. The summed E-state index contributed by atoms with van der Waals surface area (Å²) >= 11 is 1.44. The first-order valence-corrected chi connectivity index (χ1v) is 6.75. The summed E-state index contributed by atoms with van der Waals surface area (Å²) in [5.74, 6) is -0.975. The highest BCUT2D eigenvalue weighted by molar-refractivity contribution is 7.22. The van der Waals surface area contributed by atoms with Crippen LogP contribution in [0.25, 0.3) is 10.2 Å². The standard InChI is InChI=1S/C13H14N2O3S/c1-9(16)15(8-4-7-12(17)18)13-14-10-5-2-3-6-11(10)19-13/h2-3,5-6H,4,7-8H2,1H3,(H,17,18). The number of carbonyl (C=O) groups is 2. The Balaban J connectivity index is 2.18. The first-order valence-electron chi connectivity index (χ1n) is 5.93. The van der Waals surface area contributed by atoms with E-state index in [0.717, 1.165) is 10.2 Å². The highest BCUT2D eigenvalue weighted by Crippen LogP contribution is 2.28. The number of carbonyl (C=O) groups excluding carboxylic acids is 1. The Morgan fingerprint density at radius 1 is 1.37 bits per heavy atom. The smallest absolute Gasteiger partial charge is 0.303 e. The third-order valence-electron chi connectivity index (χ3n) is 2.67. The number of fused-ring (bicyclic) bond motifs is 1. The zero-order valence-electron chi connectivity index (χ0n) is 10.5. The number of aromatic nitrogens is 1. The Hall–Kier alpha value is -1.95. The fourth-order valence-electron chi connectivity index (χ4n) is 1.75. The molecular formula is C13H14N2O3S. The van der Waals surface area contributed by atoms with E-state index in [9.17, 15) is 9.59 Å². The molecule has 1 aromatic carbocycles. The summed E-state index contributed by atoms with van der Waals surface area (Å²) in [4.78, 5) is 28.1. The van der Waals surface area contributed by atoms with Gasteiger partial charge in [-0.3, -0.25) is 14.5 Å². The molecule has 0 aliphatic rings. The average molecular weight is 278 g/mol. The highest BCUT2D eigenvalue weighted by Gasteiger charge is 2.16. The van der Waals surface area contributed by atoms with Gasteiger partial charge in [0.05, 0.1) is 10.2 Å². The Kier molecular flexibility index (Phi) is 4.11. The number of hydrogen-bond donors (Lipinski definition) is 1. The number of rotatable bonds is 5. The topological polar surface area (TPSA) is 70.5 Å². The molecule has 6 heteroatoms. The zero-order valence-corrected chi connectivity index (χ0v) is 11.3. The molecule has 0 spiro atoms. The first kappa shape index (κ1) is 13.5. The molecule has 0 aliphatic heterocycles. The molecular weight excluding hydrogens is 264 g/mol. The van der Waals surface area contributed by atoms with E-state index in [0.29, 0.717) is 18.1 Å². The van der Waals surface area contributed by atoms with Crippen LogP contribution in [0, 0.1) is 0 Å². The molecule has 1 aromatic heterocycles. The molecule has 0 saturated heterocycles. The van der Waals surface area contributed by atoms with Gasteiger partial charge in [-0.2, -0.15) is 0 Å². The van der Waals surface area contributed by atoms with Gasteiger partial charge in [0.25, 0.3) is 0 Å². The number of carboxylic acid groups (broad SMARTS) is 1. The summed E-state index contributed by atoms with van der Waals surface area (Å²) < 4.78 is 1.02. The summed E-state index contributed by atoms with van der Waals surface area (Å²) in [6.45, 7) is 1.84. The SMILES string of the molecule is CC(=O)N(CCCC(=O)O)c1nc2ccccc2s1. The number of hydrogen-bond acceptors (Lipinski definition) is 4. The van der Waals surface area contributed by atoms with Crippen molar-refractivity contribution in [3.63, 3.8) is 0 Å². The van der Waals surface area contributed by atoms with E-state index in [1.807, 2.05) is 24.3 Å². The lowest BCUT2D eigenvalue weighted by atomic mass is 10.3. The minimum absolute atomic E-state index is 0.0503. The lowest BCUT2D eigenvalue weighted by Crippen LogP contribution is -2.29. The third kappa shape index (κ3) is 3.29. The lowest BCUT2D eigenvalue weighted by Gasteiger charge is -2.16. The van der Waals surface area contributed by atoms with Crippen molar-refractivity contribution in [1.82, 2.24) is 4.98 Å². The number of anilines is 1. The van der Waals surface area contributed by atoms with Crippen LogP contribution in [-0.2, 0) is 9.59 Å². The van der Waals surface area contributed by atoms with Crippen molar-refractivity contribution in [2.24, 2.45) is 0 Å². The maximum atomic E-state index is 11.6. The molecule has 19 heavy (non-hydrogen) atoms. The predicted molar refractivity (Wildman–Crippen MR) is 74.5 cm³/mol. The molecule has 0 bridgehead atoms. The average Bonchev–Trinajstić information content (AvgIpc) is 2.76. The minimum Gasteiger partial charge on any atom is -0.481 e. The van der Waals surface area contributed by atoms with Gasteiger partial charge in [-0.1, -0.05) is 23.5 Å².